The first-order valence-electron chi connectivity index (χ1n) is 10.0. The van der Waals surface area contributed by atoms with Crippen LogP contribution < -0.4 is 9.47 Å². The van der Waals surface area contributed by atoms with Gasteiger partial charge in [0.25, 0.3) is 0 Å². The summed E-state index contributed by atoms with van der Waals surface area (Å²) in [4.78, 5) is 16.3. The predicted molar refractivity (Wildman–Crippen MR) is 117 cm³/mol. The zero-order valence-corrected chi connectivity index (χ0v) is 16.7. The maximum atomic E-state index is 12.0. The summed E-state index contributed by atoms with van der Waals surface area (Å²) in [5.41, 5.74) is 3.44. The van der Waals surface area contributed by atoms with E-state index in [9.17, 15) is 10.1 Å². The van der Waals surface area contributed by atoms with E-state index in [1.165, 1.54) is 0 Å². The Morgan fingerprint density at radius 1 is 1.03 bits per heavy atom. The Hall–Kier alpha value is -4.17. The minimum absolute atomic E-state index is 0.0857. The molecule has 0 saturated carbocycles. The molecule has 1 aromatic heterocycles. The van der Waals surface area contributed by atoms with Gasteiger partial charge in [-0.05, 0) is 52.6 Å². The number of aromatic nitrogens is 1. The topological polar surface area (TPSA) is 72.2 Å². The van der Waals surface area contributed by atoms with E-state index in [4.69, 9.17) is 9.47 Å². The lowest BCUT2D eigenvalue weighted by molar-refractivity contribution is 0.0933. The molecular formula is C26H18N2O3. The zero-order valence-electron chi connectivity index (χ0n) is 16.7. The maximum Gasteiger partial charge on any atom is 0.219 e. The molecule has 0 bridgehead atoms. The Kier molecular flexibility index (Phi) is 4.81. The second-order valence-electron chi connectivity index (χ2n) is 7.39. The number of ether oxygens (including phenoxy) is 2. The smallest absolute Gasteiger partial charge is 0.219 e. The van der Waals surface area contributed by atoms with E-state index in [-0.39, 0.29) is 5.78 Å². The van der Waals surface area contributed by atoms with Crippen molar-refractivity contribution < 1.29 is 14.3 Å². The van der Waals surface area contributed by atoms with E-state index in [0.717, 1.165) is 21.9 Å². The van der Waals surface area contributed by atoms with Crippen LogP contribution in [-0.4, -0.2) is 17.4 Å². The highest BCUT2D eigenvalue weighted by atomic mass is 16.5. The molecule has 0 atom stereocenters. The van der Waals surface area contributed by atoms with Gasteiger partial charge in [0.2, 0.25) is 5.88 Å². The van der Waals surface area contributed by atoms with Crippen LogP contribution in [0.4, 0.5) is 0 Å². The van der Waals surface area contributed by atoms with Gasteiger partial charge >= 0.3 is 0 Å². The Morgan fingerprint density at radius 2 is 1.90 bits per heavy atom. The van der Waals surface area contributed by atoms with Crippen LogP contribution in [0.15, 0.2) is 72.9 Å². The number of hydrogen-bond donors (Lipinski definition) is 0. The number of pyridine rings is 1. The number of nitrogens with zero attached hydrogens (tertiary/aromatic N) is 2. The number of carbonyl (C=O) groups is 1. The fraction of sp³-hybridized carbons (Fsp3) is 0.115. The van der Waals surface area contributed by atoms with E-state index in [0.29, 0.717) is 48.0 Å². The molecule has 0 unspecified atom stereocenters. The normalized spacial score (nSPS) is 12.7. The van der Waals surface area contributed by atoms with Crippen LogP contribution in [0.5, 0.6) is 17.4 Å². The standard InChI is InChI=1S/C26H18N2O3/c27-16-19-6-5-18(21-3-1-2-4-22(19)21)13-17-9-11-28-26(14-17)31-20-7-8-23-24(29)10-12-30-25(23)15-20/h1-9,11,14-15H,10,12-13H2. The fourth-order valence-electron chi connectivity index (χ4n) is 3.87. The van der Waals surface area contributed by atoms with Crippen LogP contribution in [0.1, 0.15) is 33.5 Å². The van der Waals surface area contributed by atoms with Crippen molar-refractivity contribution >= 4 is 16.6 Å². The third-order valence-electron chi connectivity index (χ3n) is 5.39. The number of ketones is 1. The summed E-state index contributed by atoms with van der Waals surface area (Å²) in [5.74, 6) is 1.68. The average Bonchev–Trinajstić information content (AvgIpc) is 2.80. The molecule has 5 heteroatoms. The summed E-state index contributed by atoms with van der Waals surface area (Å²) < 4.78 is 11.5. The summed E-state index contributed by atoms with van der Waals surface area (Å²) in [6, 6.07) is 23.1. The average molecular weight is 406 g/mol. The van der Waals surface area contributed by atoms with Crippen LogP contribution in [-0.2, 0) is 6.42 Å². The first-order chi connectivity index (χ1) is 15.2. The van der Waals surface area contributed by atoms with Crippen molar-refractivity contribution in [2.75, 3.05) is 6.61 Å². The number of benzene rings is 3. The van der Waals surface area contributed by atoms with Gasteiger partial charge in [-0.1, -0.05) is 30.3 Å². The van der Waals surface area contributed by atoms with Crippen molar-refractivity contribution in [2.24, 2.45) is 0 Å². The van der Waals surface area contributed by atoms with Crippen LogP contribution in [0.2, 0.25) is 0 Å². The molecule has 31 heavy (non-hydrogen) atoms. The van der Waals surface area contributed by atoms with E-state index >= 15 is 0 Å². The third-order valence-corrected chi connectivity index (χ3v) is 5.39. The first kappa shape index (κ1) is 18.8. The summed E-state index contributed by atoms with van der Waals surface area (Å²) >= 11 is 0. The molecule has 4 aromatic rings. The highest BCUT2D eigenvalue weighted by molar-refractivity contribution is 5.99. The predicted octanol–water partition coefficient (Wildman–Crippen LogP) is 5.45. The van der Waals surface area contributed by atoms with Crippen molar-refractivity contribution in [1.29, 1.82) is 5.26 Å². The number of fused-ring (bicyclic) bond motifs is 2. The molecule has 0 N–H and O–H groups in total. The molecule has 3 aromatic carbocycles. The van der Waals surface area contributed by atoms with Crippen LogP contribution >= 0.6 is 0 Å². The third kappa shape index (κ3) is 3.72. The van der Waals surface area contributed by atoms with Crippen molar-refractivity contribution in [3.8, 4) is 23.4 Å². The summed E-state index contributed by atoms with van der Waals surface area (Å²) in [6.45, 7) is 0.390. The van der Waals surface area contributed by atoms with Crippen LogP contribution in [0.25, 0.3) is 10.8 Å². The molecule has 0 spiro atoms. The quantitative estimate of drug-likeness (QED) is 0.450. The van der Waals surface area contributed by atoms with Gasteiger partial charge in [-0.25, -0.2) is 4.98 Å². The highest BCUT2D eigenvalue weighted by Gasteiger charge is 2.19. The summed E-state index contributed by atoms with van der Waals surface area (Å²) in [6.07, 6.45) is 2.81. The Bertz CT molecular complexity index is 1350. The van der Waals surface area contributed by atoms with E-state index in [2.05, 4.69) is 11.1 Å². The second-order valence-corrected chi connectivity index (χ2v) is 7.39. The van der Waals surface area contributed by atoms with Crippen molar-refractivity contribution in [1.82, 2.24) is 4.98 Å². The SMILES string of the molecule is N#Cc1ccc(Cc2ccnc(Oc3ccc4c(c3)OCCC4=O)c2)c2ccccc12. The van der Waals surface area contributed by atoms with Gasteiger partial charge in [0.15, 0.2) is 5.78 Å². The number of rotatable bonds is 4. The van der Waals surface area contributed by atoms with Gasteiger partial charge in [-0.15, -0.1) is 0 Å². The Balaban J connectivity index is 1.41. The molecule has 0 radical (unpaired) electrons. The van der Waals surface area contributed by atoms with Gasteiger partial charge in [-0.2, -0.15) is 5.26 Å². The fourth-order valence-corrected chi connectivity index (χ4v) is 3.87. The Morgan fingerprint density at radius 3 is 2.77 bits per heavy atom. The molecule has 1 aliphatic rings. The number of nitriles is 1. The molecule has 0 amide bonds. The second kappa shape index (κ2) is 7.92. The van der Waals surface area contributed by atoms with Crippen LogP contribution in [0, 0.1) is 11.3 Å². The van der Waals surface area contributed by atoms with E-state index in [1.54, 1.807) is 24.4 Å². The molecule has 2 heterocycles. The maximum absolute atomic E-state index is 12.0. The van der Waals surface area contributed by atoms with E-state index in [1.807, 2.05) is 48.5 Å². The van der Waals surface area contributed by atoms with Gasteiger partial charge < -0.3 is 9.47 Å². The molecule has 0 aliphatic carbocycles. The van der Waals surface area contributed by atoms with Gasteiger partial charge in [0.1, 0.15) is 11.5 Å². The lowest BCUT2D eigenvalue weighted by atomic mass is 9.96. The molecule has 5 rings (SSSR count). The largest absolute Gasteiger partial charge is 0.492 e. The molecule has 1 aliphatic heterocycles. The Labute approximate surface area is 179 Å². The molecule has 150 valence electrons. The monoisotopic (exact) mass is 406 g/mol. The van der Waals surface area contributed by atoms with Gasteiger partial charge in [0, 0.05) is 24.8 Å². The lowest BCUT2D eigenvalue weighted by Crippen LogP contribution is -2.15. The lowest BCUT2D eigenvalue weighted by Gasteiger charge is -2.17. The number of carbonyl (C=O) groups excluding carboxylic acids is 1. The van der Waals surface area contributed by atoms with Gasteiger partial charge in [0.05, 0.1) is 23.8 Å². The van der Waals surface area contributed by atoms with Crippen molar-refractivity contribution in [3.05, 3.63) is 95.2 Å². The van der Waals surface area contributed by atoms with Crippen molar-refractivity contribution in [3.63, 3.8) is 0 Å². The minimum Gasteiger partial charge on any atom is -0.492 e. The molecule has 0 fully saturated rings. The zero-order chi connectivity index (χ0) is 21.2. The molecular weight excluding hydrogens is 388 g/mol. The number of Topliss-reactive ketones (excluding diaryl/α,β-unsaturated/α-hetero) is 1. The first-order valence-corrected chi connectivity index (χ1v) is 10.0. The van der Waals surface area contributed by atoms with Crippen molar-refractivity contribution in [2.45, 2.75) is 12.8 Å². The van der Waals surface area contributed by atoms with Gasteiger partial charge in [-0.3, -0.25) is 4.79 Å². The molecule has 0 saturated heterocycles. The summed E-state index contributed by atoms with van der Waals surface area (Å²) in [5, 5.41) is 11.4. The highest BCUT2D eigenvalue weighted by Crippen LogP contribution is 2.31. The van der Waals surface area contributed by atoms with E-state index < -0.39 is 0 Å². The summed E-state index contributed by atoms with van der Waals surface area (Å²) in [7, 11) is 0. The molecule has 5 nitrogen and oxygen atoms in total. The number of hydrogen-bond acceptors (Lipinski definition) is 5. The minimum atomic E-state index is 0.0857. The van der Waals surface area contributed by atoms with Crippen LogP contribution in [0.3, 0.4) is 0 Å².